The van der Waals surface area contributed by atoms with Crippen LogP contribution < -0.4 is 9.47 Å². The Morgan fingerprint density at radius 3 is 2.73 bits per heavy atom. The summed E-state index contributed by atoms with van der Waals surface area (Å²) in [6, 6.07) is 23.4. The van der Waals surface area contributed by atoms with Gasteiger partial charge in [0.05, 0.1) is 6.04 Å². The summed E-state index contributed by atoms with van der Waals surface area (Å²) in [5, 5.41) is 2.12. The first kappa shape index (κ1) is 18.4. The number of rotatable bonds is 2. The number of carbonyl (C=O) groups excluding carboxylic acids is 1. The van der Waals surface area contributed by atoms with Crippen molar-refractivity contribution < 1.29 is 18.7 Å². The molecule has 3 aromatic carbocycles. The minimum absolute atomic E-state index is 0.127. The summed E-state index contributed by atoms with van der Waals surface area (Å²) in [7, 11) is 0. The topological polar surface area (TPSA) is 67.7 Å². The van der Waals surface area contributed by atoms with Crippen molar-refractivity contribution in [1.29, 1.82) is 0 Å². The molecule has 0 saturated carbocycles. The van der Waals surface area contributed by atoms with Crippen LogP contribution in [0, 0.1) is 0 Å². The lowest BCUT2D eigenvalue weighted by Crippen LogP contribution is -2.40. The number of nitrogens with one attached hydrogen (secondary N) is 1. The number of hydrogen-bond donors (Lipinski definition) is 1. The first-order chi connectivity index (χ1) is 16.3. The summed E-state index contributed by atoms with van der Waals surface area (Å²) in [5.41, 5.74) is 5.04. The van der Waals surface area contributed by atoms with Crippen molar-refractivity contribution in [3.63, 3.8) is 0 Å². The number of furan rings is 1. The molecule has 1 atom stereocenters. The molecule has 0 saturated heterocycles. The van der Waals surface area contributed by atoms with Gasteiger partial charge >= 0.3 is 0 Å². The molecular formula is C27H20N2O4. The summed E-state index contributed by atoms with van der Waals surface area (Å²) in [4.78, 5) is 19.3. The molecule has 1 N–H and O–H groups in total. The number of aromatic amines is 1. The standard InChI is InChI=1S/C27H20N2O4/c30-27(24-13-16-5-1-4-8-21(16)33-24)29-12-11-19-18-6-2-3-7-20(18)28-25(19)26(29)17-9-10-22-23(14-17)32-15-31-22/h1-10,13-14,26,28H,11-12,15H2. The van der Waals surface area contributed by atoms with Crippen LogP contribution >= 0.6 is 0 Å². The van der Waals surface area contributed by atoms with Crippen molar-refractivity contribution in [2.75, 3.05) is 13.3 Å². The monoisotopic (exact) mass is 436 g/mol. The van der Waals surface area contributed by atoms with E-state index >= 15 is 0 Å². The molecule has 0 bridgehead atoms. The zero-order valence-corrected chi connectivity index (χ0v) is 17.7. The molecule has 0 aliphatic carbocycles. The van der Waals surface area contributed by atoms with E-state index in [4.69, 9.17) is 13.9 Å². The molecule has 33 heavy (non-hydrogen) atoms. The van der Waals surface area contributed by atoms with E-state index < -0.39 is 0 Å². The van der Waals surface area contributed by atoms with Gasteiger partial charge in [-0.05, 0) is 47.9 Å². The number of hydrogen-bond acceptors (Lipinski definition) is 4. The van der Waals surface area contributed by atoms with Crippen molar-refractivity contribution >= 4 is 27.8 Å². The zero-order chi connectivity index (χ0) is 21.9. The van der Waals surface area contributed by atoms with E-state index in [2.05, 4.69) is 23.2 Å². The molecule has 7 rings (SSSR count). The Balaban J connectivity index is 1.39. The normalized spacial score (nSPS) is 17.0. The third-order valence-electron chi connectivity index (χ3n) is 6.64. The van der Waals surface area contributed by atoms with Gasteiger partial charge in [0.25, 0.3) is 5.91 Å². The Kier molecular flexibility index (Phi) is 3.85. The second-order valence-corrected chi connectivity index (χ2v) is 8.48. The molecule has 0 radical (unpaired) electrons. The summed E-state index contributed by atoms with van der Waals surface area (Å²) in [6.07, 6.45) is 0.770. The quantitative estimate of drug-likeness (QED) is 0.401. The predicted octanol–water partition coefficient (Wildman–Crippen LogP) is 5.43. The van der Waals surface area contributed by atoms with Gasteiger partial charge in [0.15, 0.2) is 17.3 Å². The Hall–Kier alpha value is -4.19. The number of aromatic nitrogens is 1. The Bertz CT molecular complexity index is 1510. The van der Waals surface area contributed by atoms with E-state index in [1.54, 1.807) is 0 Å². The largest absolute Gasteiger partial charge is 0.454 e. The number of H-pyrrole nitrogens is 1. The van der Waals surface area contributed by atoms with Gasteiger partial charge in [0.2, 0.25) is 6.79 Å². The highest BCUT2D eigenvalue weighted by molar-refractivity contribution is 5.97. The summed E-state index contributed by atoms with van der Waals surface area (Å²) in [6.45, 7) is 0.798. The van der Waals surface area contributed by atoms with Gasteiger partial charge in [-0.25, -0.2) is 0 Å². The van der Waals surface area contributed by atoms with Crippen LogP contribution in [0.3, 0.4) is 0 Å². The van der Waals surface area contributed by atoms with E-state index in [9.17, 15) is 4.79 Å². The molecule has 6 heteroatoms. The smallest absolute Gasteiger partial charge is 0.290 e. The molecule has 2 aromatic heterocycles. The van der Waals surface area contributed by atoms with Crippen molar-refractivity contribution in [3.8, 4) is 11.5 Å². The number of amides is 1. The molecule has 1 amide bonds. The molecule has 5 aromatic rings. The van der Waals surface area contributed by atoms with Gasteiger partial charge in [0.1, 0.15) is 5.58 Å². The molecule has 2 aliphatic rings. The fourth-order valence-corrected chi connectivity index (χ4v) is 5.12. The highest BCUT2D eigenvalue weighted by Crippen LogP contribution is 2.42. The molecule has 2 aliphatic heterocycles. The number of ether oxygens (including phenoxy) is 2. The lowest BCUT2D eigenvalue weighted by Gasteiger charge is -2.35. The van der Waals surface area contributed by atoms with Crippen LogP contribution in [0.4, 0.5) is 0 Å². The number of para-hydroxylation sites is 2. The van der Waals surface area contributed by atoms with Crippen molar-refractivity contribution in [3.05, 3.63) is 95.4 Å². The van der Waals surface area contributed by atoms with Gasteiger partial charge in [-0.1, -0.05) is 42.5 Å². The first-order valence-electron chi connectivity index (χ1n) is 11.0. The van der Waals surface area contributed by atoms with Gasteiger partial charge in [-0.2, -0.15) is 0 Å². The third-order valence-corrected chi connectivity index (χ3v) is 6.64. The maximum absolute atomic E-state index is 13.8. The molecule has 6 nitrogen and oxygen atoms in total. The average Bonchev–Trinajstić information content (AvgIpc) is 3.58. The fourth-order valence-electron chi connectivity index (χ4n) is 5.12. The van der Waals surface area contributed by atoms with E-state index in [0.717, 1.165) is 34.3 Å². The minimum atomic E-state index is -0.295. The van der Waals surface area contributed by atoms with Crippen LogP contribution in [0.5, 0.6) is 11.5 Å². The van der Waals surface area contributed by atoms with E-state index in [1.807, 2.05) is 59.5 Å². The third kappa shape index (κ3) is 2.77. The number of fused-ring (bicyclic) bond motifs is 5. The van der Waals surface area contributed by atoms with E-state index in [-0.39, 0.29) is 18.7 Å². The fraction of sp³-hybridized carbons (Fsp3) is 0.148. The van der Waals surface area contributed by atoms with Crippen LogP contribution in [-0.4, -0.2) is 29.1 Å². The number of benzene rings is 3. The predicted molar refractivity (Wildman–Crippen MR) is 124 cm³/mol. The molecule has 4 heterocycles. The van der Waals surface area contributed by atoms with Crippen LogP contribution in [0.25, 0.3) is 21.9 Å². The van der Waals surface area contributed by atoms with Crippen LogP contribution in [-0.2, 0) is 6.42 Å². The summed E-state index contributed by atoms with van der Waals surface area (Å²) >= 11 is 0. The maximum Gasteiger partial charge on any atom is 0.290 e. The first-order valence-corrected chi connectivity index (χ1v) is 11.0. The SMILES string of the molecule is O=C(c1cc2ccccc2o1)N1CCc2c([nH]c3ccccc23)C1c1ccc2c(c1)OCO2. The highest BCUT2D eigenvalue weighted by atomic mass is 16.7. The lowest BCUT2D eigenvalue weighted by atomic mass is 9.92. The Morgan fingerprint density at radius 2 is 1.79 bits per heavy atom. The van der Waals surface area contributed by atoms with Gasteiger partial charge in [-0.3, -0.25) is 4.79 Å². The number of nitrogens with zero attached hydrogens (tertiary/aromatic N) is 1. The van der Waals surface area contributed by atoms with Gasteiger partial charge in [0, 0.05) is 28.5 Å². The minimum Gasteiger partial charge on any atom is -0.454 e. The molecule has 0 spiro atoms. The van der Waals surface area contributed by atoms with Gasteiger partial charge in [-0.15, -0.1) is 0 Å². The lowest BCUT2D eigenvalue weighted by molar-refractivity contribution is 0.0661. The van der Waals surface area contributed by atoms with Crippen molar-refractivity contribution in [1.82, 2.24) is 9.88 Å². The molecule has 162 valence electrons. The van der Waals surface area contributed by atoms with Crippen LogP contribution in [0.15, 0.2) is 77.2 Å². The summed E-state index contributed by atoms with van der Waals surface area (Å²) in [5.74, 6) is 1.65. The Morgan fingerprint density at radius 1 is 0.939 bits per heavy atom. The van der Waals surface area contributed by atoms with E-state index in [0.29, 0.717) is 23.6 Å². The van der Waals surface area contributed by atoms with Crippen LogP contribution in [0.2, 0.25) is 0 Å². The molecular weight excluding hydrogens is 416 g/mol. The second kappa shape index (κ2) is 6.90. The zero-order valence-electron chi connectivity index (χ0n) is 17.7. The van der Waals surface area contributed by atoms with Crippen molar-refractivity contribution in [2.24, 2.45) is 0 Å². The Labute approximate surface area is 189 Å². The van der Waals surface area contributed by atoms with Crippen molar-refractivity contribution in [2.45, 2.75) is 12.5 Å². The average molecular weight is 436 g/mol. The van der Waals surface area contributed by atoms with Crippen LogP contribution in [0.1, 0.15) is 33.4 Å². The molecule has 1 unspecified atom stereocenters. The van der Waals surface area contributed by atoms with E-state index in [1.165, 1.54) is 10.9 Å². The summed E-state index contributed by atoms with van der Waals surface area (Å²) < 4.78 is 17.1. The second-order valence-electron chi connectivity index (χ2n) is 8.48. The number of carbonyl (C=O) groups is 1. The molecule has 0 fully saturated rings. The maximum atomic E-state index is 13.8. The van der Waals surface area contributed by atoms with Gasteiger partial charge < -0.3 is 23.8 Å². The highest BCUT2D eigenvalue weighted by Gasteiger charge is 2.36.